The Morgan fingerprint density at radius 3 is 2.86 bits per heavy atom. The Labute approximate surface area is 91.1 Å². The van der Waals surface area contributed by atoms with Gasteiger partial charge in [0.2, 0.25) is 0 Å². The molecule has 2 rings (SSSR count). The molecule has 0 saturated heterocycles. The Hall–Kier alpha value is -0.540. The maximum Gasteiger partial charge on any atom is 0.138 e. The van der Waals surface area contributed by atoms with Crippen LogP contribution in [0.4, 0.5) is 4.39 Å². The Bertz CT molecular complexity index is 460. The topological polar surface area (TPSA) is 0 Å². The first-order valence-electron chi connectivity index (χ1n) is 4.50. The average Bonchev–Trinajstić information content (AvgIpc) is 2.58. The third-order valence-electron chi connectivity index (χ3n) is 2.31. The van der Waals surface area contributed by atoms with E-state index in [-0.39, 0.29) is 5.82 Å². The van der Waals surface area contributed by atoms with Crippen LogP contribution in [-0.4, -0.2) is 6.26 Å². The van der Waals surface area contributed by atoms with E-state index in [0.29, 0.717) is 0 Å². The van der Waals surface area contributed by atoms with Crippen LogP contribution in [0.2, 0.25) is 0 Å². The predicted molar refractivity (Wildman–Crippen MR) is 62.9 cm³/mol. The summed E-state index contributed by atoms with van der Waals surface area (Å²) in [6.45, 7) is 2.13. The molecule has 14 heavy (non-hydrogen) atoms. The largest absolute Gasteiger partial charge is 0.206 e. The van der Waals surface area contributed by atoms with Gasteiger partial charge in [-0.15, -0.1) is 23.1 Å². The Morgan fingerprint density at radius 1 is 1.43 bits per heavy atom. The number of thioether (sulfide) groups is 1. The lowest BCUT2D eigenvalue weighted by atomic mass is 10.1. The molecule has 0 bridgehead atoms. The Morgan fingerprint density at radius 2 is 2.21 bits per heavy atom. The first-order valence-corrected chi connectivity index (χ1v) is 6.60. The van der Waals surface area contributed by atoms with E-state index in [9.17, 15) is 4.39 Å². The number of fused-ring (bicyclic) bond motifs is 1. The fourth-order valence-corrected chi connectivity index (χ4v) is 3.05. The molecule has 74 valence electrons. The zero-order valence-corrected chi connectivity index (χ0v) is 9.77. The predicted octanol–water partition coefficient (Wildman–Crippen LogP) is 4.32. The van der Waals surface area contributed by atoms with Gasteiger partial charge in [-0.3, -0.25) is 0 Å². The van der Waals surface area contributed by atoms with Gasteiger partial charge in [-0.1, -0.05) is 6.92 Å². The zero-order chi connectivity index (χ0) is 10.1. The molecule has 0 nitrogen and oxygen atoms in total. The summed E-state index contributed by atoms with van der Waals surface area (Å²) in [6, 6.07) is 3.61. The van der Waals surface area contributed by atoms with Gasteiger partial charge in [0.15, 0.2) is 0 Å². The number of hydrogen-bond acceptors (Lipinski definition) is 2. The molecule has 0 N–H and O–H groups in total. The lowest BCUT2D eigenvalue weighted by molar-refractivity contribution is 0.604. The van der Waals surface area contributed by atoms with Gasteiger partial charge >= 0.3 is 0 Å². The molecule has 1 aromatic carbocycles. The summed E-state index contributed by atoms with van der Waals surface area (Å²) in [5.74, 6) is -0.102. The highest BCUT2D eigenvalue weighted by atomic mass is 32.2. The molecule has 1 heterocycles. The number of thiophene rings is 1. The Balaban J connectivity index is 2.70. The molecule has 1 aromatic heterocycles. The second-order valence-corrected chi connectivity index (χ2v) is 4.86. The molecular formula is C11H11FS2. The highest BCUT2D eigenvalue weighted by Crippen LogP contribution is 2.31. The molecule has 3 heteroatoms. The van der Waals surface area contributed by atoms with E-state index in [0.717, 1.165) is 16.0 Å². The van der Waals surface area contributed by atoms with E-state index < -0.39 is 0 Å². The maximum absolute atomic E-state index is 13.4. The van der Waals surface area contributed by atoms with E-state index in [1.807, 2.05) is 12.3 Å². The van der Waals surface area contributed by atoms with Crippen molar-refractivity contribution in [3.8, 4) is 0 Å². The number of hydrogen-bond donors (Lipinski definition) is 0. The summed E-state index contributed by atoms with van der Waals surface area (Å²) in [5.41, 5.74) is 1.32. The van der Waals surface area contributed by atoms with Gasteiger partial charge in [-0.05, 0) is 41.1 Å². The molecule has 0 unspecified atom stereocenters. The smallest absolute Gasteiger partial charge is 0.138 e. The molecule has 0 aliphatic heterocycles. The molecule has 0 fully saturated rings. The fraction of sp³-hybridized carbons (Fsp3) is 0.273. The number of benzene rings is 1. The number of halogens is 1. The van der Waals surface area contributed by atoms with Crippen LogP contribution in [0.1, 0.15) is 12.5 Å². The van der Waals surface area contributed by atoms with E-state index in [4.69, 9.17) is 0 Å². The van der Waals surface area contributed by atoms with Crippen LogP contribution in [0.3, 0.4) is 0 Å². The van der Waals surface area contributed by atoms with Gasteiger partial charge in [0.1, 0.15) is 5.82 Å². The summed E-state index contributed by atoms with van der Waals surface area (Å²) < 4.78 is 14.5. The van der Waals surface area contributed by atoms with E-state index in [1.165, 1.54) is 22.7 Å². The second-order valence-electron chi connectivity index (χ2n) is 3.10. The van der Waals surface area contributed by atoms with Crippen LogP contribution in [0.5, 0.6) is 0 Å². The lowest BCUT2D eigenvalue weighted by Gasteiger charge is -2.00. The Kier molecular flexibility index (Phi) is 2.79. The molecule has 0 aliphatic rings. The van der Waals surface area contributed by atoms with Crippen molar-refractivity contribution in [2.24, 2.45) is 0 Å². The van der Waals surface area contributed by atoms with Crippen molar-refractivity contribution in [2.75, 3.05) is 6.26 Å². The van der Waals surface area contributed by atoms with Crippen molar-refractivity contribution in [1.82, 2.24) is 0 Å². The minimum Gasteiger partial charge on any atom is -0.206 e. The average molecular weight is 226 g/mol. The standard InChI is InChI=1S/C11H11FS2/c1-3-7-6-14-10-5-9(12)11(13-2)4-8(7)10/h4-6H,3H2,1-2H3. The molecule has 0 spiro atoms. The highest BCUT2D eigenvalue weighted by molar-refractivity contribution is 7.98. The first-order chi connectivity index (χ1) is 6.76. The van der Waals surface area contributed by atoms with Crippen LogP contribution in [0.15, 0.2) is 22.4 Å². The SMILES string of the molecule is CCc1csc2cc(F)c(SC)cc12. The van der Waals surface area contributed by atoms with Crippen molar-refractivity contribution >= 4 is 33.2 Å². The van der Waals surface area contributed by atoms with Crippen LogP contribution < -0.4 is 0 Å². The normalized spacial score (nSPS) is 11.1. The van der Waals surface area contributed by atoms with Gasteiger partial charge in [0.25, 0.3) is 0 Å². The molecule has 0 aliphatic carbocycles. The minimum atomic E-state index is -0.102. The van der Waals surface area contributed by atoms with E-state index >= 15 is 0 Å². The first kappa shape index (κ1) is 9.99. The monoisotopic (exact) mass is 226 g/mol. The molecule has 0 saturated carbocycles. The van der Waals surface area contributed by atoms with Gasteiger partial charge in [-0.2, -0.15) is 0 Å². The molecule has 2 aromatic rings. The van der Waals surface area contributed by atoms with Crippen molar-refractivity contribution in [2.45, 2.75) is 18.2 Å². The van der Waals surface area contributed by atoms with Gasteiger partial charge in [0.05, 0.1) is 0 Å². The van der Waals surface area contributed by atoms with Crippen molar-refractivity contribution < 1.29 is 4.39 Å². The van der Waals surface area contributed by atoms with Crippen molar-refractivity contribution in [1.29, 1.82) is 0 Å². The van der Waals surface area contributed by atoms with E-state index in [2.05, 4.69) is 12.3 Å². The van der Waals surface area contributed by atoms with Crippen LogP contribution in [0.25, 0.3) is 10.1 Å². The summed E-state index contributed by atoms with van der Waals surface area (Å²) in [7, 11) is 0. The van der Waals surface area contributed by atoms with Crippen molar-refractivity contribution in [3.05, 3.63) is 28.9 Å². The fourth-order valence-electron chi connectivity index (χ4n) is 1.51. The van der Waals surface area contributed by atoms with Crippen LogP contribution in [0, 0.1) is 5.82 Å². The molecule has 0 atom stereocenters. The van der Waals surface area contributed by atoms with Crippen molar-refractivity contribution in [3.63, 3.8) is 0 Å². The second kappa shape index (κ2) is 3.91. The summed E-state index contributed by atoms with van der Waals surface area (Å²) >= 11 is 3.09. The maximum atomic E-state index is 13.4. The summed E-state index contributed by atoms with van der Waals surface area (Å²) in [4.78, 5) is 0.741. The third kappa shape index (κ3) is 1.55. The molecular weight excluding hydrogens is 215 g/mol. The molecule has 0 radical (unpaired) electrons. The lowest BCUT2D eigenvalue weighted by Crippen LogP contribution is -1.81. The van der Waals surface area contributed by atoms with Crippen LogP contribution >= 0.6 is 23.1 Å². The third-order valence-corrected chi connectivity index (χ3v) is 4.06. The van der Waals surface area contributed by atoms with Gasteiger partial charge < -0.3 is 0 Å². The number of rotatable bonds is 2. The number of aryl methyl sites for hydroxylation is 1. The molecule has 0 amide bonds. The zero-order valence-electron chi connectivity index (χ0n) is 8.13. The minimum absolute atomic E-state index is 0.102. The van der Waals surface area contributed by atoms with Crippen LogP contribution in [-0.2, 0) is 6.42 Å². The summed E-state index contributed by atoms with van der Waals surface area (Å²) in [6.07, 6.45) is 2.92. The quantitative estimate of drug-likeness (QED) is 0.687. The van der Waals surface area contributed by atoms with Gasteiger partial charge in [0, 0.05) is 9.60 Å². The summed E-state index contributed by atoms with van der Waals surface area (Å²) in [5, 5.41) is 3.33. The highest BCUT2D eigenvalue weighted by Gasteiger charge is 2.07. The van der Waals surface area contributed by atoms with Gasteiger partial charge in [-0.25, -0.2) is 4.39 Å². The van der Waals surface area contributed by atoms with E-state index in [1.54, 1.807) is 17.4 Å².